The molecule has 1 heterocycles. The average Bonchev–Trinajstić information content (AvgIpc) is 2.91. The Labute approximate surface area is 201 Å². The maximum Gasteiger partial charge on any atom is 0.422 e. The lowest BCUT2D eigenvalue weighted by molar-refractivity contribution is -0.153. The van der Waals surface area contributed by atoms with Gasteiger partial charge in [0.25, 0.3) is 5.91 Å². The Balaban J connectivity index is 1.86. The van der Waals surface area contributed by atoms with E-state index in [1.54, 1.807) is 31.2 Å². The molecule has 0 unspecified atom stereocenters. The number of ether oxygens (including phenoxy) is 1. The maximum absolute atomic E-state index is 13.4. The Morgan fingerprint density at radius 2 is 1.77 bits per heavy atom. The molecule has 2 aromatic rings. The Kier molecular flexibility index (Phi) is 7.73. The Morgan fingerprint density at radius 3 is 2.40 bits per heavy atom. The Morgan fingerprint density at radius 1 is 1.09 bits per heavy atom. The molecule has 6 nitrogen and oxygen atoms in total. The molecule has 1 aliphatic heterocycles. The number of fused-ring (bicyclic) bond motifs is 1. The fourth-order valence-corrected chi connectivity index (χ4v) is 3.77. The van der Waals surface area contributed by atoms with Crippen LogP contribution in [0.3, 0.4) is 0 Å². The number of benzene rings is 2. The van der Waals surface area contributed by atoms with Crippen LogP contribution in [0.5, 0.6) is 5.75 Å². The van der Waals surface area contributed by atoms with Gasteiger partial charge in [0, 0.05) is 24.8 Å². The molecule has 13 heteroatoms. The van der Waals surface area contributed by atoms with E-state index in [0.29, 0.717) is 11.3 Å². The SMILES string of the molecule is C[C@@H]1CN(C(=O)c2ccc(OCC(F)(F)F)cc2Cl)c2ccccc2CN1C(=O)NCC(F)(F)F. The highest BCUT2D eigenvalue weighted by molar-refractivity contribution is 6.34. The van der Waals surface area contributed by atoms with E-state index in [1.807, 2.05) is 5.32 Å². The van der Waals surface area contributed by atoms with Gasteiger partial charge in [-0.3, -0.25) is 4.79 Å². The van der Waals surface area contributed by atoms with E-state index in [4.69, 9.17) is 11.6 Å². The lowest BCUT2D eigenvalue weighted by Crippen LogP contribution is -2.49. The van der Waals surface area contributed by atoms with Crippen molar-refractivity contribution in [3.8, 4) is 5.75 Å². The number of amides is 3. The van der Waals surface area contributed by atoms with Crippen molar-refractivity contribution >= 4 is 29.2 Å². The van der Waals surface area contributed by atoms with Crippen molar-refractivity contribution in [3.05, 3.63) is 58.6 Å². The van der Waals surface area contributed by atoms with Gasteiger partial charge in [0.05, 0.1) is 10.6 Å². The van der Waals surface area contributed by atoms with Crippen molar-refractivity contribution in [1.82, 2.24) is 10.2 Å². The Bertz CT molecular complexity index is 1090. The minimum atomic E-state index is -4.59. The summed E-state index contributed by atoms with van der Waals surface area (Å²) in [5.41, 5.74) is 0.903. The predicted octanol–water partition coefficient (Wildman–Crippen LogP) is 5.40. The van der Waals surface area contributed by atoms with Gasteiger partial charge in [-0.15, -0.1) is 0 Å². The minimum Gasteiger partial charge on any atom is -0.484 e. The van der Waals surface area contributed by atoms with Crippen molar-refractivity contribution < 1.29 is 40.7 Å². The number of carbonyl (C=O) groups excluding carboxylic acids is 2. The van der Waals surface area contributed by atoms with Crippen LogP contribution in [-0.4, -0.2) is 54.9 Å². The molecule has 35 heavy (non-hydrogen) atoms. The van der Waals surface area contributed by atoms with Crippen LogP contribution in [0.1, 0.15) is 22.8 Å². The molecule has 0 aromatic heterocycles. The second-order valence-corrected chi connectivity index (χ2v) is 8.25. The number of hydrogen-bond donors (Lipinski definition) is 1. The molecule has 1 N–H and O–H groups in total. The smallest absolute Gasteiger partial charge is 0.422 e. The molecular formula is C22H20ClF6N3O3. The lowest BCUT2D eigenvalue weighted by Gasteiger charge is -2.29. The number of para-hydroxylation sites is 1. The number of halogens is 7. The van der Waals surface area contributed by atoms with E-state index in [-0.39, 0.29) is 29.4 Å². The summed E-state index contributed by atoms with van der Waals surface area (Å²) in [6.07, 6.45) is -9.14. The third kappa shape index (κ3) is 6.93. The standard InChI is InChI=1S/C22H20ClF6N3O3/c1-13-9-32(19(33)16-7-6-15(8-17(16)23)35-12-22(27,28)29)18-5-3-2-4-14(18)10-31(13)20(34)30-11-21(24,25)26/h2-8,13H,9-12H2,1H3,(H,30,34)/t13-/m1/s1. The average molecular weight is 524 g/mol. The first-order valence-corrected chi connectivity index (χ1v) is 10.6. The number of nitrogens with zero attached hydrogens (tertiary/aromatic N) is 2. The third-order valence-corrected chi connectivity index (χ3v) is 5.43. The van der Waals surface area contributed by atoms with Gasteiger partial charge >= 0.3 is 18.4 Å². The summed E-state index contributed by atoms with van der Waals surface area (Å²) in [6, 6.07) is 8.42. The molecule has 0 radical (unpaired) electrons. The monoisotopic (exact) mass is 523 g/mol. The van der Waals surface area contributed by atoms with Crippen LogP contribution in [0.15, 0.2) is 42.5 Å². The van der Waals surface area contributed by atoms with Crippen molar-refractivity contribution in [1.29, 1.82) is 0 Å². The first kappa shape index (κ1) is 26.5. The first-order valence-electron chi connectivity index (χ1n) is 10.3. The summed E-state index contributed by atoms with van der Waals surface area (Å²) in [6.45, 7) is -1.58. The molecule has 2 aromatic carbocycles. The largest absolute Gasteiger partial charge is 0.484 e. The van der Waals surface area contributed by atoms with Crippen LogP contribution in [0.25, 0.3) is 0 Å². The number of urea groups is 1. The van der Waals surface area contributed by atoms with Crippen molar-refractivity contribution in [3.63, 3.8) is 0 Å². The molecule has 0 aliphatic carbocycles. The summed E-state index contributed by atoms with van der Waals surface area (Å²) >= 11 is 6.17. The van der Waals surface area contributed by atoms with Gasteiger partial charge in [-0.2, -0.15) is 26.3 Å². The van der Waals surface area contributed by atoms with E-state index in [2.05, 4.69) is 4.74 Å². The van der Waals surface area contributed by atoms with Crippen LogP contribution in [0, 0.1) is 0 Å². The van der Waals surface area contributed by atoms with Gasteiger partial charge in [-0.1, -0.05) is 29.8 Å². The van der Waals surface area contributed by atoms with Crippen molar-refractivity contribution in [2.75, 3.05) is 24.6 Å². The van der Waals surface area contributed by atoms with Gasteiger partial charge in [-0.25, -0.2) is 4.79 Å². The van der Waals surface area contributed by atoms with Crippen LogP contribution in [0.2, 0.25) is 5.02 Å². The van der Waals surface area contributed by atoms with Crippen molar-refractivity contribution in [2.24, 2.45) is 0 Å². The molecule has 0 saturated carbocycles. The van der Waals surface area contributed by atoms with Gasteiger partial charge in [0.2, 0.25) is 0 Å². The molecular weight excluding hydrogens is 504 g/mol. The fourth-order valence-electron chi connectivity index (χ4n) is 3.52. The quantitative estimate of drug-likeness (QED) is 0.546. The number of alkyl halides is 6. The highest BCUT2D eigenvalue weighted by atomic mass is 35.5. The minimum absolute atomic E-state index is 0.0250. The molecule has 0 bridgehead atoms. The Hall–Kier alpha value is -3.15. The third-order valence-electron chi connectivity index (χ3n) is 5.12. The number of nitrogens with one attached hydrogen (secondary N) is 1. The van der Waals surface area contributed by atoms with E-state index >= 15 is 0 Å². The van der Waals surface area contributed by atoms with E-state index < -0.39 is 43.5 Å². The lowest BCUT2D eigenvalue weighted by atomic mass is 10.1. The zero-order valence-electron chi connectivity index (χ0n) is 18.2. The van der Waals surface area contributed by atoms with E-state index in [9.17, 15) is 35.9 Å². The van der Waals surface area contributed by atoms with E-state index in [0.717, 1.165) is 6.07 Å². The highest BCUT2D eigenvalue weighted by Gasteiger charge is 2.34. The zero-order chi connectivity index (χ0) is 26.0. The van der Waals surface area contributed by atoms with Crippen molar-refractivity contribution in [2.45, 2.75) is 31.9 Å². The molecule has 0 fully saturated rings. The van der Waals surface area contributed by atoms with Gasteiger partial charge in [0.1, 0.15) is 12.3 Å². The molecule has 190 valence electrons. The molecule has 0 spiro atoms. The molecule has 1 atom stereocenters. The topological polar surface area (TPSA) is 61.9 Å². The summed E-state index contributed by atoms with van der Waals surface area (Å²) in [4.78, 5) is 28.4. The maximum atomic E-state index is 13.4. The highest BCUT2D eigenvalue weighted by Crippen LogP contribution is 2.31. The second-order valence-electron chi connectivity index (χ2n) is 7.84. The number of hydrogen-bond acceptors (Lipinski definition) is 3. The van der Waals surface area contributed by atoms with Gasteiger partial charge in [0.15, 0.2) is 6.61 Å². The molecule has 3 amide bonds. The van der Waals surface area contributed by atoms with Gasteiger partial charge in [-0.05, 0) is 36.8 Å². The normalized spacial score (nSPS) is 16.4. The molecule has 0 saturated heterocycles. The summed E-state index contributed by atoms with van der Waals surface area (Å²) < 4.78 is 79.5. The summed E-state index contributed by atoms with van der Waals surface area (Å²) in [5, 5.41) is 1.69. The summed E-state index contributed by atoms with van der Waals surface area (Å²) in [7, 11) is 0. The van der Waals surface area contributed by atoms with Crippen LogP contribution < -0.4 is 15.0 Å². The number of carbonyl (C=O) groups is 2. The van der Waals surface area contributed by atoms with Gasteiger partial charge < -0.3 is 19.9 Å². The number of anilines is 1. The fraction of sp³-hybridized carbons (Fsp3) is 0.364. The molecule has 3 rings (SSSR count). The number of rotatable bonds is 4. The van der Waals surface area contributed by atoms with Crippen LogP contribution >= 0.6 is 11.6 Å². The molecule has 1 aliphatic rings. The summed E-state index contributed by atoms with van der Waals surface area (Å²) in [5.74, 6) is -0.782. The van der Waals surface area contributed by atoms with E-state index in [1.165, 1.54) is 21.9 Å². The van der Waals surface area contributed by atoms with Crippen LogP contribution in [0.4, 0.5) is 36.8 Å². The second kappa shape index (κ2) is 10.2. The zero-order valence-corrected chi connectivity index (χ0v) is 19.0. The first-order chi connectivity index (χ1) is 16.2. The van der Waals surface area contributed by atoms with Crippen LogP contribution in [-0.2, 0) is 6.54 Å². The predicted molar refractivity (Wildman–Crippen MR) is 116 cm³/mol.